The van der Waals surface area contributed by atoms with Gasteiger partial charge in [0.05, 0.1) is 0 Å². The maximum absolute atomic E-state index is 11.6. The van der Waals surface area contributed by atoms with Crippen molar-refractivity contribution in [1.29, 1.82) is 0 Å². The van der Waals surface area contributed by atoms with Crippen LogP contribution in [0.1, 0.15) is 21.9 Å². The van der Waals surface area contributed by atoms with Crippen LogP contribution in [0.3, 0.4) is 0 Å². The number of thiocarbonyl (C=S) groups is 1. The summed E-state index contributed by atoms with van der Waals surface area (Å²) >= 11 is 6.40. The topological polar surface area (TPSA) is 29.1 Å². The zero-order valence-electron chi connectivity index (χ0n) is 8.53. The molecule has 1 amide bonds. The number of aryl methyl sites for hydroxylation is 1. The molecule has 78 valence electrons. The van der Waals surface area contributed by atoms with E-state index in [2.05, 4.69) is 18.3 Å². The molecule has 1 aliphatic rings. The molecule has 1 fully saturated rings. The van der Waals surface area contributed by atoms with Gasteiger partial charge in [0, 0.05) is 0 Å². The molecule has 0 unspecified atom stereocenters. The van der Waals surface area contributed by atoms with Crippen molar-refractivity contribution in [2.24, 2.45) is 0 Å². The fourth-order valence-electron chi connectivity index (χ4n) is 1.62. The summed E-state index contributed by atoms with van der Waals surface area (Å²) in [6.07, 6.45) is 0. The van der Waals surface area contributed by atoms with Gasteiger partial charge in [0.1, 0.15) is 9.57 Å². The lowest BCUT2D eigenvalue weighted by Crippen LogP contribution is -2.20. The SMILES string of the molecule is Cc1cccc([C@@H]2SC(=S)NC2=O)c1C. The molecule has 1 aliphatic heterocycles. The highest BCUT2D eigenvalue weighted by molar-refractivity contribution is 8.24. The molecular weight excluding hydrogens is 226 g/mol. The molecule has 0 aromatic heterocycles. The summed E-state index contributed by atoms with van der Waals surface area (Å²) in [5.41, 5.74) is 3.45. The van der Waals surface area contributed by atoms with Crippen LogP contribution < -0.4 is 5.32 Å². The van der Waals surface area contributed by atoms with Gasteiger partial charge >= 0.3 is 0 Å². The van der Waals surface area contributed by atoms with Crippen molar-refractivity contribution >= 4 is 34.2 Å². The van der Waals surface area contributed by atoms with Crippen molar-refractivity contribution in [2.75, 3.05) is 0 Å². The molecule has 1 saturated heterocycles. The quantitative estimate of drug-likeness (QED) is 0.761. The Kier molecular flexibility index (Phi) is 2.80. The van der Waals surface area contributed by atoms with Crippen LogP contribution in [0.4, 0.5) is 0 Å². The van der Waals surface area contributed by atoms with Crippen molar-refractivity contribution in [3.63, 3.8) is 0 Å². The fourth-order valence-corrected chi connectivity index (χ4v) is 2.93. The molecule has 0 saturated carbocycles. The van der Waals surface area contributed by atoms with E-state index in [9.17, 15) is 4.79 Å². The number of carbonyl (C=O) groups excluding carboxylic acids is 1. The third-order valence-corrected chi connectivity index (χ3v) is 4.03. The second-order valence-electron chi connectivity index (χ2n) is 3.56. The summed E-state index contributed by atoms with van der Waals surface area (Å²) in [7, 11) is 0. The Bertz CT molecular complexity index is 442. The van der Waals surface area contributed by atoms with Gasteiger partial charge in [0.25, 0.3) is 0 Å². The van der Waals surface area contributed by atoms with Gasteiger partial charge in [-0.3, -0.25) is 4.79 Å². The first-order valence-electron chi connectivity index (χ1n) is 4.67. The summed E-state index contributed by atoms with van der Waals surface area (Å²) in [6.45, 7) is 4.09. The molecule has 0 aliphatic carbocycles. The average Bonchev–Trinajstić information content (AvgIpc) is 2.50. The first kappa shape index (κ1) is 10.6. The fraction of sp³-hybridized carbons (Fsp3) is 0.273. The van der Waals surface area contributed by atoms with Crippen molar-refractivity contribution < 1.29 is 4.79 Å². The minimum absolute atomic E-state index is 0.00120. The van der Waals surface area contributed by atoms with Crippen molar-refractivity contribution in [3.8, 4) is 0 Å². The molecule has 1 aromatic carbocycles. The van der Waals surface area contributed by atoms with Gasteiger partial charge in [0.2, 0.25) is 5.91 Å². The molecule has 15 heavy (non-hydrogen) atoms. The third-order valence-electron chi connectivity index (χ3n) is 2.62. The van der Waals surface area contributed by atoms with E-state index >= 15 is 0 Å². The number of hydrogen-bond donors (Lipinski definition) is 1. The van der Waals surface area contributed by atoms with Crippen LogP contribution in [0.15, 0.2) is 18.2 Å². The molecule has 1 N–H and O–H groups in total. The smallest absolute Gasteiger partial charge is 0.243 e. The van der Waals surface area contributed by atoms with Gasteiger partial charge in [-0.05, 0) is 30.5 Å². The van der Waals surface area contributed by atoms with Gasteiger partial charge in [0.15, 0.2) is 0 Å². The van der Waals surface area contributed by atoms with E-state index in [-0.39, 0.29) is 11.2 Å². The van der Waals surface area contributed by atoms with Crippen LogP contribution in [-0.4, -0.2) is 10.2 Å². The summed E-state index contributed by atoms with van der Waals surface area (Å²) in [5.74, 6) is -0.00120. The van der Waals surface area contributed by atoms with Crippen LogP contribution in [0, 0.1) is 13.8 Å². The lowest BCUT2D eigenvalue weighted by molar-refractivity contribution is -0.118. The van der Waals surface area contributed by atoms with Gasteiger partial charge in [-0.2, -0.15) is 0 Å². The number of thioether (sulfide) groups is 1. The lowest BCUT2D eigenvalue weighted by Gasteiger charge is -2.11. The van der Waals surface area contributed by atoms with Gasteiger partial charge < -0.3 is 5.32 Å². The number of nitrogens with one attached hydrogen (secondary N) is 1. The molecule has 0 radical (unpaired) electrons. The summed E-state index contributed by atoms with van der Waals surface area (Å²) in [6, 6.07) is 6.02. The maximum Gasteiger partial charge on any atom is 0.243 e. The summed E-state index contributed by atoms with van der Waals surface area (Å²) in [4.78, 5) is 11.6. The van der Waals surface area contributed by atoms with E-state index in [4.69, 9.17) is 12.2 Å². The minimum atomic E-state index is -0.169. The second-order valence-corrected chi connectivity index (χ2v) is 5.35. The van der Waals surface area contributed by atoms with Crippen molar-refractivity contribution in [2.45, 2.75) is 19.1 Å². The Hall–Kier alpha value is -0.870. The zero-order chi connectivity index (χ0) is 11.0. The Balaban J connectivity index is 2.42. The standard InChI is InChI=1S/C11H11NOS2/c1-6-4-3-5-8(7(6)2)9-10(13)12-11(14)15-9/h3-5,9H,1-2H3,(H,12,13,14)/t9-/m0/s1. The van der Waals surface area contributed by atoms with E-state index in [0.29, 0.717) is 4.32 Å². The minimum Gasteiger partial charge on any atom is -0.310 e. The van der Waals surface area contributed by atoms with E-state index < -0.39 is 0 Å². The first-order chi connectivity index (χ1) is 7.09. The van der Waals surface area contributed by atoms with Crippen LogP contribution in [0.5, 0.6) is 0 Å². The van der Waals surface area contributed by atoms with Crippen molar-refractivity contribution in [1.82, 2.24) is 5.32 Å². The predicted molar refractivity (Wildman–Crippen MR) is 67.0 cm³/mol. The zero-order valence-corrected chi connectivity index (χ0v) is 10.2. The van der Waals surface area contributed by atoms with Gasteiger partial charge in [-0.25, -0.2) is 0 Å². The average molecular weight is 237 g/mol. The first-order valence-corrected chi connectivity index (χ1v) is 5.96. The van der Waals surface area contributed by atoms with Gasteiger partial charge in [-0.1, -0.05) is 42.2 Å². The number of amides is 1. The molecule has 0 bridgehead atoms. The van der Waals surface area contributed by atoms with Crippen LogP contribution in [-0.2, 0) is 4.79 Å². The molecule has 1 atom stereocenters. The summed E-state index contributed by atoms with van der Waals surface area (Å²) in [5, 5.41) is 2.50. The lowest BCUT2D eigenvalue weighted by atomic mass is 10.0. The molecule has 4 heteroatoms. The number of rotatable bonds is 1. The monoisotopic (exact) mass is 237 g/mol. The number of hydrogen-bond acceptors (Lipinski definition) is 3. The predicted octanol–water partition coefficient (Wildman–Crippen LogP) is 2.49. The highest BCUT2D eigenvalue weighted by Crippen LogP contribution is 2.36. The molecule has 1 heterocycles. The van der Waals surface area contributed by atoms with Crippen molar-refractivity contribution in [3.05, 3.63) is 34.9 Å². The molecule has 0 spiro atoms. The molecule has 1 aromatic rings. The van der Waals surface area contributed by atoms with Crippen LogP contribution in [0.25, 0.3) is 0 Å². The highest BCUT2D eigenvalue weighted by atomic mass is 32.2. The molecule has 2 rings (SSSR count). The Labute approximate surface area is 98.4 Å². The number of carbonyl (C=O) groups is 1. The Morgan fingerprint density at radius 2 is 2.13 bits per heavy atom. The Morgan fingerprint density at radius 3 is 2.73 bits per heavy atom. The third kappa shape index (κ3) is 1.92. The van der Waals surface area contributed by atoms with E-state index in [1.807, 2.05) is 19.1 Å². The second kappa shape index (κ2) is 3.94. The Morgan fingerprint density at radius 1 is 1.40 bits per heavy atom. The van der Waals surface area contributed by atoms with E-state index in [0.717, 1.165) is 5.56 Å². The largest absolute Gasteiger partial charge is 0.310 e. The number of benzene rings is 1. The molecular formula is C11H11NOS2. The van der Waals surface area contributed by atoms with Gasteiger partial charge in [-0.15, -0.1) is 0 Å². The van der Waals surface area contributed by atoms with E-state index in [1.54, 1.807) is 0 Å². The highest BCUT2D eigenvalue weighted by Gasteiger charge is 2.31. The maximum atomic E-state index is 11.6. The van der Waals surface area contributed by atoms with Crippen LogP contribution >= 0.6 is 24.0 Å². The molecule has 2 nitrogen and oxygen atoms in total. The summed E-state index contributed by atoms with van der Waals surface area (Å²) < 4.78 is 0.575. The van der Waals surface area contributed by atoms with Crippen LogP contribution in [0.2, 0.25) is 0 Å². The normalized spacial score (nSPS) is 20.5. The van der Waals surface area contributed by atoms with E-state index in [1.165, 1.54) is 22.9 Å².